The summed E-state index contributed by atoms with van der Waals surface area (Å²) >= 11 is 1.65. The molecule has 2 aromatic rings. The second-order valence-electron chi connectivity index (χ2n) is 5.44. The van der Waals surface area contributed by atoms with Crippen molar-refractivity contribution in [1.29, 1.82) is 0 Å². The van der Waals surface area contributed by atoms with Crippen LogP contribution in [0, 0.1) is 6.92 Å². The summed E-state index contributed by atoms with van der Waals surface area (Å²) in [5, 5.41) is 3.13. The van der Waals surface area contributed by atoms with Gasteiger partial charge < -0.3 is 14.4 Å². The molecule has 0 atom stereocenters. The first-order valence-corrected chi connectivity index (χ1v) is 8.49. The van der Waals surface area contributed by atoms with E-state index in [2.05, 4.69) is 16.4 Å². The van der Waals surface area contributed by atoms with E-state index in [1.807, 2.05) is 19.1 Å². The number of anilines is 1. The minimum Gasteiger partial charge on any atom is -0.382 e. The van der Waals surface area contributed by atoms with Crippen LogP contribution in [-0.4, -0.2) is 44.4 Å². The molecule has 1 aliphatic heterocycles. The van der Waals surface area contributed by atoms with Gasteiger partial charge in [0.15, 0.2) is 0 Å². The molecule has 1 aromatic heterocycles. The van der Waals surface area contributed by atoms with Crippen LogP contribution in [0.1, 0.15) is 10.6 Å². The van der Waals surface area contributed by atoms with Crippen molar-refractivity contribution in [3.8, 4) is 11.3 Å². The van der Waals surface area contributed by atoms with E-state index in [0.717, 1.165) is 28.4 Å². The number of fused-ring (bicyclic) bond motifs is 1. The fourth-order valence-corrected chi connectivity index (χ4v) is 3.32. The predicted molar refractivity (Wildman–Crippen MR) is 91.0 cm³/mol. The minimum atomic E-state index is -0.00268. The molecule has 2 heterocycles. The molecule has 0 N–H and O–H groups in total. The van der Waals surface area contributed by atoms with Gasteiger partial charge >= 0.3 is 0 Å². The van der Waals surface area contributed by atoms with Crippen molar-refractivity contribution in [2.75, 3.05) is 38.4 Å². The van der Waals surface area contributed by atoms with Crippen LogP contribution in [-0.2, 0) is 20.7 Å². The third-order valence-electron chi connectivity index (χ3n) is 3.85. The molecular formula is C17H20N2O3S. The zero-order chi connectivity index (χ0) is 16.2. The van der Waals surface area contributed by atoms with Crippen molar-refractivity contribution in [2.45, 2.75) is 13.3 Å². The number of hydrogen-bond donors (Lipinski definition) is 0. The van der Waals surface area contributed by atoms with Crippen LogP contribution in [0.5, 0.6) is 0 Å². The lowest BCUT2D eigenvalue weighted by Crippen LogP contribution is -2.32. The average Bonchev–Trinajstić information content (AvgIpc) is 3.17. The number of carbonyl (C=O) groups is 1. The van der Waals surface area contributed by atoms with E-state index < -0.39 is 0 Å². The molecule has 0 unspecified atom stereocenters. The lowest BCUT2D eigenvalue weighted by Gasteiger charge is -2.17. The maximum absolute atomic E-state index is 12.3. The monoisotopic (exact) mass is 332 g/mol. The number of amides is 1. The fourth-order valence-electron chi connectivity index (χ4n) is 2.70. The third kappa shape index (κ3) is 3.60. The van der Waals surface area contributed by atoms with Crippen molar-refractivity contribution < 1.29 is 14.3 Å². The molecule has 3 rings (SSSR count). The van der Waals surface area contributed by atoms with E-state index in [1.165, 1.54) is 5.56 Å². The number of thiazole rings is 1. The van der Waals surface area contributed by atoms with Gasteiger partial charge in [0.25, 0.3) is 5.91 Å². The number of rotatable bonds is 6. The molecule has 5 nitrogen and oxygen atoms in total. The zero-order valence-corrected chi connectivity index (χ0v) is 14.2. The number of aryl methyl sites for hydroxylation is 1. The van der Waals surface area contributed by atoms with E-state index in [1.54, 1.807) is 23.3 Å². The number of ether oxygens (including phenoxy) is 2. The van der Waals surface area contributed by atoms with Crippen molar-refractivity contribution in [1.82, 2.24) is 4.98 Å². The maximum atomic E-state index is 12.3. The SMILES string of the molecule is COCCOCC(=O)N1CCc2cc(-c3csc(C)n3)ccc21. The Balaban J connectivity index is 1.70. The molecule has 23 heavy (non-hydrogen) atoms. The summed E-state index contributed by atoms with van der Waals surface area (Å²) in [6.07, 6.45) is 0.871. The molecule has 1 aromatic carbocycles. The standard InChI is InChI=1S/C17H20N2O3S/c1-12-18-15(11-23-12)13-3-4-16-14(9-13)5-6-19(16)17(20)10-22-8-7-21-2/h3-4,9,11H,5-8,10H2,1-2H3. The lowest BCUT2D eigenvalue weighted by atomic mass is 10.1. The second kappa shape index (κ2) is 7.21. The first kappa shape index (κ1) is 16.1. The summed E-state index contributed by atoms with van der Waals surface area (Å²) in [5.41, 5.74) is 4.29. The first-order valence-electron chi connectivity index (χ1n) is 7.61. The molecule has 0 spiro atoms. The molecule has 6 heteroatoms. The number of benzene rings is 1. The highest BCUT2D eigenvalue weighted by molar-refractivity contribution is 7.09. The van der Waals surface area contributed by atoms with Gasteiger partial charge in [-0.2, -0.15) is 0 Å². The van der Waals surface area contributed by atoms with Crippen LogP contribution in [0.15, 0.2) is 23.6 Å². The summed E-state index contributed by atoms with van der Waals surface area (Å²) in [6.45, 7) is 3.74. The Bertz CT molecular complexity index is 699. The molecule has 0 radical (unpaired) electrons. The summed E-state index contributed by atoms with van der Waals surface area (Å²) < 4.78 is 10.2. The quantitative estimate of drug-likeness (QED) is 0.763. The highest BCUT2D eigenvalue weighted by Gasteiger charge is 2.25. The van der Waals surface area contributed by atoms with Gasteiger partial charge in [0, 0.05) is 30.3 Å². The van der Waals surface area contributed by atoms with Gasteiger partial charge in [-0.3, -0.25) is 4.79 Å². The Kier molecular flexibility index (Phi) is 5.05. The molecule has 0 bridgehead atoms. The van der Waals surface area contributed by atoms with Crippen molar-refractivity contribution in [3.05, 3.63) is 34.2 Å². The number of nitrogens with zero attached hydrogens (tertiary/aromatic N) is 2. The highest BCUT2D eigenvalue weighted by Crippen LogP contribution is 2.32. The van der Waals surface area contributed by atoms with Crippen LogP contribution in [0.2, 0.25) is 0 Å². The molecule has 122 valence electrons. The molecule has 1 aliphatic rings. The topological polar surface area (TPSA) is 51.7 Å². The normalized spacial score (nSPS) is 13.4. The zero-order valence-electron chi connectivity index (χ0n) is 13.4. The van der Waals surface area contributed by atoms with Gasteiger partial charge in [0.2, 0.25) is 0 Å². The molecule has 0 saturated heterocycles. The molecule has 0 saturated carbocycles. The second-order valence-corrected chi connectivity index (χ2v) is 6.50. The predicted octanol–water partition coefficient (Wildman–Crippen LogP) is 2.67. The van der Waals surface area contributed by atoms with Crippen molar-refractivity contribution in [2.24, 2.45) is 0 Å². The fraction of sp³-hybridized carbons (Fsp3) is 0.412. The van der Waals surface area contributed by atoms with E-state index in [-0.39, 0.29) is 12.5 Å². The summed E-state index contributed by atoms with van der Waals surface area (Å²) in [7, 11) is 1.61. The van der Waals surface area contributed by atoms with Gasteiger partial charge in [0.05, 0.1) is 23.9 Å². The number of aromatic nitrogens is 1. The van der Waals surface area contributed by atoms with Crippen LogP contribution >= 0.6 is 11.3 Å². The lowest BCUT2D eigenvalue weighted by molar-refractivity contribution is -0.123. The summed E-state index contributed by atoms with van der Waals surface area (Å²) in [6, 6.07) is 6.19. The Labute approximate surface area is 139 Å². The first-order chi connectivity index (χ1) is 11.2. The van der Waals surface area contributed by atoms with E-state index in [9.17, 15) is 4.79 Å². The van der Waals surface area contributed by atoms with Gasteiger partial charge in [-0.1, -0.05) is 6.07 Å². The van der Waals surface area contributed by atoms with E-state index in [0.29, 0.717) is 19.8 Å². The maximum Gasteiger partial charge on any atom is 0.252 e. The Morgan fingerprint density at radius 3 is 3.00 bits per heavy atom. The summed E-state index contributed by atoms with van der Waals surface area (Å²) in [5.74, 6) is -0.00268. The van der Waals surface area contributed by atoms with Crippen LogP contribution < -0.4 is 4.90 Å². The van der Waals surface area contributed by atoms with Crippen molar-refractivity contribution in [3.63, 3.8) is 0 Å². The number of methoxy groups -OCH3 is 1. The third-order valence-corrected chi connectivity index (χ3v) is 4.62. The Morgan fingerprint density at radius 1 is 1.39 bits per heavy atom. The molecule has 1 amide bonds. The van der Waals surface area contributed by atoms with Gasteiger partial charge in [-0.15, -0.1) is 11.3 Å². The van der Waals surface area contributed by atoms with Crippen LogP contribution in [0.3, 0.4) is 0 Å². The van der Waals surface area contributed by atoms with E-state index in [4.69, 9.17) is 9.47 Å². The largest absolute Gasteiger partial charge is 0.382 e. The molecular weight excluding hydrogens is 312 g/mol. The Morgan fingerprint density at radius 2 is 2.26 bits per heavy atom. The van der Waals surface area contributed by atoms with Gasteiger partial charge in [-0.05, 0) is 31.0 Å². The summed E-state index contributed by atoms with van der Waals surface area (Å²) in [4.78, 5) is 18.6. The van der Waals surface area contributed by atoms with Gasteiger partial charge in [-0.25, -0.2) is 4.98 Å². The van der Waals surface area contributed by atoms with Gasteiger partial charge in [0.1, 0.15) is 6.61 Å². The highest BCUT2D eigenvalue weighted by atomic mass is 32.1. The molecule has 0 fully saturated rings. The number of carbonyl (C=O) groups excluding carboxylic acids is 1. The number of hydrogen-bond acceptors (Lipinski definition) is 5. The average molecular weight is 332 g/mol. The van der Waals surface area contributed by atoms with Crippen LogP contribution in [0.4, 0.5) is 5.69 Å². The molecule has 0 aliphatic carbocycles. The van der Waals surface area contributed by atoms with Crippen molar-refractivity contribution >= 4 is 22.9 Å². The minimum absolute atomic E-state index is 0.00268. The van der Waals surface area contributed by atoms with Crippen LogP contribution in [0.25, 0.3) is 11.3 Å². The Hall–Kier alpha value is -1.76. The smallest absolute Gasteiger partial charge is 0.252 e. The van der Waals surface area contributed by atoms with E-state index >= 15 is 0 Å².